The molecule has 1 N–H and O–H groups in total. The highest BCUT2D eigenvalue weighted by Gasteiger charge is 2.00. The molecule has 0 radical (unpaired) electrons. The molecule has 0 bridgehead atoms. The van der Waals surface area contributed by atoms with Crippen LogP contribution < -0.4 is 4.90 Å². The maximum atomic E-state index is 2.30. The second-order valence-electron chi connectivity index (χ2n) is 2.92. The van der Waals surface area contributed by atoms with Gasteiger partial charge in [-0.2, -0.15) is 0 Å². The van der Waals surface area contributed by atoms with E-state index in [0.717, 1.165) is 5.92 Å². The molecule has 1 atom stereocenters. The average Bonchev–Trinajstić information content (AvgIpc) is 1.65. The van der Waals surface area contributed by atoms with Crippen LogP contribution in [0.4, 0.5) is 0 Å². The van der Waals surface area contributed by atoms with Gasteiger partial charge in [-0.25, -0.2) is 0 Å². The topological polar surface area (TPSA) is 4.44 Å². The van der Waals surface area contributed by atoms with Gasteiger partial charge in [-0.05, 0) is 6.42 Å². The predicted octanol–water partition coefficient (Wildman–Crippen LogP) is 0.177. The quantitative estimate of drug-likeness (QED) is 0.536. The van der Waals surface area contributed by atoms with Crippen LogP contribution in [0.25, 0.3) is 0 Å². The van der Waals surface area contributed by atoms with Gasteiger partial charge in [-0.1, -0.05) is 13.8 Å². The van der Waals surface area contributed by atoms with Crippen LogP contribution in [0.5, 0.6) is 0 Å². The van der Waals surface area contributed by atoms with Gasteiger partial charge >= 0.3 is 0 Å². The molecule has 0 rings (SSSR count). The van der Waals surface area contributed by atoms with E-state index in [-0.39, 0.29) is 0 Å². The van der Waals surface area contributed by atoms with E-state index < -0.39 is 0 Å². The van der Waals surface area contributed by atoms with Crippen LogP contribution in [-0.2, 0) is 0 Å². The molecule has 0 aromatic rings. The first-order chi connectivity index (χ1) is 3.66. The molecule has 1 heteroatoms. The molecule has 1 nitrogen and oxygen atoms in total. The molecule has 0 heterocycles. The van der Waals surface area contributed by atoms with Crippen LogP contribution >= 0.6 is 0 Å². The first-order valence-electron chi connectivity index (χ1n) is 3.45. The Bertz CT molecular complexity index is 50.3. The first-order valence-corrected chi connectivity index (χ1v) is 3.45. The van der Waals surface area contributed by atoms with Crippen molar-refractivity contribution in [1.29, 1.82) is 0 Å². The number of hydrogen-bond donors (Lipinski definition) is 1. The van der Waals surface area contributed by atoms with E-state index in [1.165, 1.54) is 13.0 Å². The van der Waals surface area contributed by atoms with Crippen molar-refractivity contribution in [3.05, 3.63) is 0 Å². The maximum absolute atomic E-state index is 2.30. The van der Waals surface area contributed by atoms with Crippen molar-refractivity contribution >= 4 is 0 Å². The zero-order chi connectivity index (χ0) is 6.57. The third-order valence-corrected chi connectivity index (χ3v) is 1.45. The predicted molar refractivity (Wildman–Crippen MR) is 37.1 cm³/mol. The van der Waals surface area contributed by atoms with E-state index in [0.29, 0.717) is 0 Å². The lowest BCUT2D eigenvalue weighted by Gasteiger charge is -2.11. The van der Waals surface area contributed by atoms with E-state index in [2.05, 4.69) is 27.9 Å². The summed E-state index contributed by atoms with van der Waals surface area (Å²) in [5.74, 6) is 0.889. The van der Waals surface area contributed by atoms with E-state index >= 15 is 0 Å². The Hall–Kier alpha value is -0.0400. The summed E-state index contributed by atoms with van der Waals surface area (Å²) in [6.07, 6.45) is 1.31. The standard InChI is InChI=1S/C7H17N/c1-5-7(2)6-8(3)4/h7H,5-6H2,1-4H3/p+1. The molecule has 0 saturated carbocycles. The molecular formula is C7H18N+. The van der Waals surface area contributed by atoms with Crippen molar-refractivity contribution in [2.45, 2.75) is 20.3 Å². The Labute approximate surface area is 52.7 Å². The molecule has 0 amide bonds. The maximum Gasteiger partial charge on any atom is 0.0792 e. The van der Waals surface area contributed by atoms with Gasteiger partial charge in [0.2, 0.25) is 0 Å². The van der Waals surface area contributed by atoms with Crippen LogP contribution in [0.2, 0.25) is 0 Å². The molecule has 0 aromatic carbocycles. The van der Waals surface area contributed by atoms with Gasteiger partial charge in [0.1, 0.15) is 0 Å². The van der Waals surface area contributed by atoms with Crippen LogP contribution in [-0.4, -0.2) is 20.6 Å². The van der Waals surface area contributed by atoms with E-state index in [1.807, 2.05) is 0 Å². The number of quaternary nitrogens is 1. The van der Waals surface area contributed by atoms with Gasteiger partial charge in [0.05, 0.1) is 20.6 Å². The minimum absolute atomic E-state index is 0.889. The highest BCUT2D eigenvalue weighted by Crippen LogP contribution is 1.93. The third-order valence-electron chi connectivity index (χ3n) is 1.45. The molecule has 8 heavy (non-hydrogen) atoms. The van der Waals surface area contributed by atoms with Gasteiger partial charge in [0, 0.05) is 5.92 Å². The van der Waals surface area contributed by atoms with Gasteiger partial charge in [-0.15, -0.1) is 0 Å². The second-order valence-corrected chi connectivity index (χ2v) is 2.92. The molecule has 1 unspecified atom stereocenters. The summed E-state index contributed by atoms with van der Waals surface area (Å²) in [6, 6.07) is 0. The minimum atomic E-state index is 0.889. The van der Waals surface area contributed by atoms with Gasteiger partial charge in [0.15, 0.2) is 0 Å². The second kappa shape index (κ2) is 3.90. The van der Waals surface area contributed by atoms with Gasteiger partial charge in [-0.3, -0.25) is 0 Å². The summed E-state index contributed by atoms with van der Waals surface area (Å²) >= 11 is 0. The van der Waals surface area contributed by atoms with Gasteiger partial charge < -0.3 is 4.90 Å². The SMILES string of the molecule is CCC(C)C[NH+](C)C. The van der Waals surface area contributed by atoms with Crippen molar-refractivity contribution in [3.8, 4) is 0 Å². The van der Waals surface area contributed by atoms with Crippen molar-refractivity contribution in [1.82, 2.24) is 0 Å². The summed E-state index contributed by atoms with van der Waals surface area (Å²) in [7, 11) is 4.40. The molecular weight excluding hydrogens is 98.1 g/mol. The summed E-state index contributed by atoms with van der Waals surface area (Å²) in [4.78, 5) is 1.55. The summed E-state index contributed by atoms with van der Waals surface area (Å²) in [5, 5.41) is 0. The summed E-state index contributed by atoms with van der Waals surface area (Å²) in [5.41, 5.74) is 0. The van der Waals surface area contributed by atoms with E-state index in [1.54, 1.807) is 4.90 Å². The number of rotatable bonds is 3. The lowest BCUT2D eigenvalue weighted by Crippen LogP contribution is -3.06. The normalized spacial score (nSPS) is 14.6. The molecule has 0 aliphatic carbocycles. The fraction of sp³-hybridized carbons (Fsp3) is 1.00. The lowest BCUT2D eigenvalue weighted by atomic mass is 10.1. The van der Waals surface area contributed by atoms with E-state index in [9.17, 15) is 0 Å². The van der Waals surface area contributed by atoms with Crippen LogP contribution in [0.15, 0.2) is 0 Å². The molecule has 50 valence electrons. The van der Waals surface area contributed by atoms with Gasteiger partial charge in [0.25, 0.3) is 0 Å². The molecule has 0 aliphatic rings. The van der Waals surface area contributed by atoms with E-state index in [4.69, 9.17) is 0 Å². The highest BCUT2D eigenvalue weighted by molar-refractivity contribution is 4.42. The Morgan fingerprint density at radius 3 is 2.00 bits per heavy atom. The number of nitrogens with one attached hydrogen (secondary N) is 1. The van der Waals surface area contributed by atoms with Crippen LogP contribution in [0.3, 0.4) is 0 Å². The minimum Gasteiger partial charge on any atom is -0.340 e. The fourth-order valence-corrected chi connectivity index (χ4v) is 0.841. The fourth-order valence-electron chi connectivity index (χ4n) is 0.841. The lowest BCUT2D eigenvalue weighted by molar-refractivity contribution is -0.861. The Balaban J connectivity index is 3.10. The zero-order valence-electron chi connectivity index (χ0n) is 6.49. The van der Waals surface area contributed by atoms with Crippen molar-refractivity contribution in [2.24, 2.45) is 5.92 Å². The Morgan fingerprint density at radius 1 is 1.38 bits per heavy atom. The largest absolute Gasteiger partial charge is 0.340 e. The third kappa shape index (κ3) is 4.13. The van der Waals surface area contributed by atoms with Crippen molar-refractivity contribution in [3.63, 3.8) is 0 Å². The summed E-state index contributed by atoms with van der Waals surface area (Å²) < 4.78 is 0. The monoisotopic (exact) mass is 116 g/mol. The highest BCUT2D eigenvalue weighted by atomic mass is 15.0. The molecule has 0 aliphatic heterocycles. The van der Waals surface area contributed by atoms with Crippen molar-refractivity contribution < 1.29 is 4.90 Å². The molecule has 0 fully saturated rings. The summed E-state index contributed by atoms with van der Waals surface area (Å²) in [6.45, 7) is 5.84. The average molecular weight is 116 g/mol. The van der Waals surface area contributed by atoms with Crippen LogP contribution in [0.1, 0.15) is 20.3 Å². The zero-order valence-corrected chi connectivity index (χ0v) is 6.49. The molecule has 0 saturated heterocycles. The first kappa shape index (κ1) is 7.96. The Kier molecular flexibility index (Phi) is 3.88. The van der Waals surface area contributed by atoms with Crippen LogP contribution in [0, 0.1) is 5.92 Å². The number of hydrogen-bond acceptors (Lipinski definition) is 0. The smallest absolute Gasteiger partial charge is 0.0792 e. The van der Waals surface area contributed by atoms with Crippen molar-refractivity contribution in [2.75, 3.05) is 20.6 Å². The molecule has 0 spiro atoms. The molecule has 0 aromatic heterocycles. The Morgan fingerprint density at radius 2 is 1.88 bits per heavy atom.